The van der Waals surface area contributed by atoms with Gasteiger partial charge in [0, 0.05) is 28.4 Å². The van der Waals surface area contributed by atoms with Gasteiger partial charge in [-0.05, 0) is 69.3 Å². The van der Waals surface area contributed by atoms with Gasteiger partial charge in [-0.2, -0.15) is 0 Å². The average molecular weight is 380 g/mol. The van der Waals surface area contributed by atoms with Crippen LogP contribution < -0.4 is 16.3 Å². The molecule has 0 fully saturated rings. The van der Waals surface area contributed by atoms with Crippen LogP contribution in [0, 0.1) is 0 Å². The molecule has 0 saturated heterocycles. The molecule has 1 aromatic heterocycles. The number of hydrogen-bond donors (Lipinski definition) is 2. The van der Waals surface area contributed by atoms with E-state index in [1.54, 1.807) is 69.3 Å². The lowest BCUT2D eigenvalue weighted by atomic mass is 10.1. The van der Waals surface area contributed by atoms with E-state index in [9.17, 15) is 14.4 Å². The molecule has 2 aromatic carbocycles. The zero-order valence-electron chi connectivity index (χ0n) is 15.7. The fourth-order valence-corrected chi connectivity index (χ4v) is 2.48. The van der Waals surface area contributed by atoms with Crippen LogP contribution in [0.25, 0.3) is 11.0 Å². The van der Waals surface area contributed by atoms with Gasteiger partial charge in [0.05, 0.1) is 0 Å². The predicted molar refractivity (Wildman–Crippen MR) is 107 cm³/mol. The number of ether oxygens (including phenoxy) is 1. The first-order valence-corrected chi connectivity index (χ1v) is 8.65. The molecule has 2 amide bonds. The van der Waals surface area contributed by atoms with E-state index in [-0.39, 0.29) is 5.91 Å². The smallest absolute Gasteiger partial charge is 0.412 e. The molecule has 2 N–H and O–H groups in total. The Bertz CT molecular complexity index is 1080. The highest BCUT2D eigenvalue weighted by molar-refractivity contribution is 6.05. The van der Waals surface area contributed by atoms with Crippen molar-refractivity contribution in [1.82, 2.24) is 0 Å². The molecule has 144 valence electrons. The van der Waals surface area contributed by atoms with Crippen molar-refractivity contribution in [3.8, 4) is 0 Å². The van der Waals surface area contributed by atoms with Crippen LogP contribution in [0.4, 0.5) is 16.2 Å². The van der Waals surface area contributed by atoms with Gasteiger partial charge in [0.1, 0.15) is 11.2 Å². The molecule has 0 unspecified atom stereocenters. The lowest BCUT2D eigenvalue weighted by Gasteiger charge is -2.19. The second-order valence-corrected chi connectivity index (χ2v) is 7.17. The average Bonchev–Trinajstić information content (AvgIpc) is 2.60. The van der Waals surface area contributed by atoms with E-state index in [2.05, 4.69) is 10.6 Å². The minimum atomic E-state index is -0.591. The van der Waals surface area contributed by atoms with Gasteiger partial charge in [-0.3, -0.25) is 10.1 Å². The summed E-state index contributed by atoms with van der Waals surface area (Å²) in [5, 5.41) is 6.10. The van der Waals surface area contributed by atoms with Gasteiger partial charge in [0.15, 0.2) is 0 Å². The Morgan fingerprint density at radius 3 is 2.25 bits per heavy atom. The Kier molecular flexibility index (Phi) is 5.17. The van der Waals surface area contributed by atoms with E-state index in [0.29, 0.717) is 27.9 Å². The third-order valence-corrected chi connectivity index (χ3v) is 3.67. The van der Waals surface area contributed by atoms with Crippen LogP contribution in [0.5, 0.6) is 0 Å². The van der Waals surface area contributed by atoms with Gasteiger partial charge in [-0.15, -0.1) is 0 Å². The number of hydrogen-bond acceptors (Lipinski definition) is 5. The van der Waals surface area contributed by atoms with Gasteiger partial charge in [0.2, 0.25) is 0 Å². The van der Waals surface area contributed by atoms with Crippen molar-refractivity contribution >= 4 is 34.3 Å². The quantitative estimate of drug-likeness (QED) is 0.657. The second kappa shape index (κ2) is 7.56. The minimum Gasteiger partial charge on any atom is -0.444 e. The molecular weight excluding hydrogens is 360 g/mol. The van der Waals surface area contributed by atoms with Crippen LogP contribution >= 0.6 is 0 Å². The number of anilines is 2. The molecular formula is C21H20N2O5. The van der Waals surface area contributed by atoms with Crippen molar-refractivity contribution in [3.05, 3.63) is 70.6 Å². The third kappa shape index (κ3) is 4.97. The lowest BCUT2D eigenvalue weighted by Crippen LogP contribution is -2.27. The SMILES string of the molecule is CC(C)(C)OC(=O)Nc1ccc(C(=O)Nc2ccc3oc(=O)ccc3c2)cc1. The molecule has 3 rings (SSSR count). The highest BCUT2D eigenvalue weighted by Crippen LogP contribution is 2.19. The summed E-state index contributed by atoms with van der Waals surface area (Å²) in [5.74, 6) is -0.305. The standard InChI is InChI=1S/C21H20N2O5/c1-21(2,3)28-20(26)23-15-7-4-13(5-8-15)19(25)22-16-9-10-17-14(12-16)6-11-18(24)27-17/h4-12H,1-3H3,(H,22,25)(H,23,26). The number of amides is 2. The van der Waals surface area contributed by atoms with Crippen molar-refractivity contribution < 1.29 is 18.7 Å². The number of carbonyl (C=O) groups excluding carboxylic acids is 2. The maximum atomic E-state index is 12.4. The largest absolute Gasteiger partial charge is 0.444 e. The van der Waals surface area contributed by atoms with E-state index in [1.165, 1.54) is 6.07 Å². The zero-order valence-corrected chi connectivity index (χ0v) is 15.7. The molecule has 0 aliphatic heterocycles. The summed E-state index contributed by atoms with van der Waals surface area (Å²) in [6.07, 6.45) is -0.562. The fourth-order valence-electron chi connectivity index (χ4n) is 2.48. The van der Waals surface area contributed by atoms with Crippen LogP contribution in [0.15, 0.2) is 63.8 Å². The van der Waals surface area contributed by atoms with E-state index in [1.807, 2.05) is 0 Å². The first-order chi connectivity index (χ1) is 13.2. The predicted octanol–water partition coefficient (Wildman–Crippen LogP) is 4.39. The minimum absolute atomic E-state index is 0.305. The second-order valence-electron chi connectivity index (χ2n) is 7.17. The first kappa shape index (κ1) is 19.2. The summed E-state index contributed by atoms with van der Waals surface area (Å²) in [6, 6.07) is 14.4. The van der Waals surface area contributed by atoms with Gasteiger partial charge in [0.25, 0.3) is 5.91 Å². The summed E-state index contributed by atoms with van der Waals surface area (Å²) in [4.78, 5) is 35.4. The fraction of sp³-hybridized carbons (Fsp3) is 0.190. The Morgan fingerprint density at radius 2 is 1.57 bits per heavy atom. The summed E-state index contributed by atoms with van der Waals surface area (Å²) < 4.78 is 10.3. The van der Waals surface area contributed by atoms with Crippen molar-refractivity contribution in [2.75, 3.05) is 10.6 Å². The van der Waals surface area contributed by atoms with Gasteiger partial charge in [-0.25, -0.2) is 9.59 Å². The number of nitrogens with one attached hydrogen (secondary N) is 2. The Hall–Kier alpha value is -3.61. The normalized spacial score (nSPS) is 11.1. The van der Waals surface area contributed by atoms with Gasteiger partial charge >= 0.3 is 11.7 Å². The number of benzene rings is 2. The number of fused-ring (bicyclic) bond motifs is 1. The molecule has 0 saturated carbocycles. The molecule has 0 bridgehead atoms. The summed E-state index contributed by atoms with van der Waals surface area (Å²) in [6.45, 7) is 5.33. The molecule has 28 heavy (non-hydrogen) atoms. The van der Waals surface area contributed by atoms with E-state index < -0.39 is 17.3 Å². The Morgan fingerprint density at radius 1 is 0.893 bits per heavy atom. The maximum absolute atomic E-state index is 12.4. The van der Waals surface area contributed by atoms with Crippen molar-refractivity contribution in [2.45, 2.75) is 26.4 Å². The molecule has 3 aromatic rings. The van der Waals surface area contributed by atoms with Crippen molar-refractivity contribution in [3.63, 3.8) is 0 Å². The van der Waals surface area contributed by atoms with Crippen LogP contribution in [0.1, 0.15) is 31.1 Å². The van der Waals surface area contributed by atoms with Crippen LogP contribution in [-0.2, 0) is 4.74 Å². The highest BCUT2D eigenvalue weighted by Gasteiger charge is 2.16. The highest BCUT2D eigenvalue weighted by atomic mass is 16.6. The first-order valence-electron chi connectivity index (χ1n) is 8.65. The maximum Gasteiger partial charge on any atom is 0.412 e. The van der Waals surface area contributed by atoms with Crippen molar-refractivity contribution in [2.24, 2.45) is 0 Å². The number of carbonyl (C=O) groups is 2. The molecule has 0 atom stereocenters. The molecule has 0 aliphatic rings. The summed E-state index contributed by atoms with van der Waals surface area (Å²) >= 11 is 0. The zero-order chi connectivity index (χ0) is 20.3. The monoisotopic (exact) mass is 380 g/mol. The third-order valence-electron chi connectivity index (χ3n) is 3.67. The van der Waals surface area contributed by atoms with E-state index >= 15 is 0 Å². The molecule has 7 nitrogen and oxygen atoms in total. The van der Waals surface area contributed by atoms with Crippen LogP contribution in [0.3, 0.4) is 0 Å². The topological polar surface area (TPSA) is 97.6 Å². The van der Waals surface area contributed by atoms with Crippen LogP contribution in [-0.4, -0.2) is 17.6 Å². The molecule has 0 aliphatic carbocycles. The molecule has 1 heterocycles. The lowest BCUT2D eigenvalue weighted by molar-refractivity contribution is 0.0636. The molecule has 7 heteroatoms. The van der Waals surface area contributed by atoms with Gasteiger partial charge < -0.3 is 14.5 Å². The Labute approximate surface area is 161 Å². The summed E-state index contributed by atoms with van der Waals surface area (Å²) in [5.41, 5.74) is 0.947. The van der Waals surface area contributed by atoms with E-state index in [4.69, 9.17) is 9.15 Å². The summed E-state index contributed by atoms with van der Waals surface area (Å²) in [7, 11) is 0. The van der Waals surface area contributed by atoms with E-state index in [0.717, 1.165) is 0 Å². The van der Waals surface area contributed by atoms with Crippen molar-refractivity contribution in [1.29, 1.82) is 0 Å². The molecule has 0 spiro atoms. The Balaban J connectivity index is 1.67. The van der Waals surface area contributed by atoms with Gasteiger partial charge in [-0.1, -0.05) is 0 Å². The van der Waals surface area contributed by atoms with Crippen LogP contribution in [0.2, 0.25) is 0 Å². The molecule has 0 radical (unpaired) electrons. The number of rotatable bonds is 3.